The van der Waals surface area contributed by atoms with Crippen molar-refractivity contribution in [3.05, 3.63) is 0 Å². The van der Waals surface area contributed by atoms with E-state index in [2.05, 4.69) is 16.9 Å². The molecule has 80 valence electrons. The maximum absolute atomic E-state index is 11.3. The molecule has 1 saturated heterocycles. The Kier molecular flexibility index (Phi) is 4.42. The average molecular weight is 199 g/mol. The first-order valence-corrected chi connectivity index (χ1v) is 5.18. The van der Waals surface area contributed by atoms with Gasteiger partial charge in [0.2, 0.25) is 0 Å². The number of hydrogen-bond donors (Lipinski definition) is 1. The van der Waals surface area contributed by atoms with Gasteiger partial charge in [0.15, 0.2) is 0 Å². The molecule has 0 aromatic carbocycles. The molecule has 0 aromatic rings. The van der Waals surface area contributed by atoms with Crippen LogP contribution in [0.25, 0.3) is 0 Å². The highest BCUT2D eigenvalue weighted by Crippen LogP contribution is 2.14. The van der Waals surface area contributed by atoms with Crippen molar-refractivity contribution in [2.45, 2.75) is 45.2 Å². The summed E-state index contributed by atoms with van der Waals surface area (Å²) in [5, 5.41) is 3.13. The molecule has 0 saturated carbocycles. The molecule has 0 bridgehead atoms. The van der Waals surface area contributed by atoms with E-state index in [-0.39, 0.29) is 25.2 Å². The van der Waals surface area contributed by atoms with Crippen LogP contribution in [-0.4, -0.2) is 32.3 Å². The molecule has 1 fully saturated rings. The first kappa shape index (κ1) is 11.5. The van der Waals surface area contributed by atoms with Crippen LogP contribution in [0.15, 0.2) is 0 Å². The average Bonchev–Trinajstić information content (AvgIpc) is 2.55. The maximum Gasteiger partial charge on any atom is 0.380 e. The summed E-state index contributed by atoms with van der Waals surface area (Å²) in [4.78, 5) is 11.3. The van der Waals surface area contributed by atoms with Gasteiger partial charge in [-0.1, -0.05) is 19.8 Å². The Balaban J connectivity index is 2.39. The molecule has 2 atom stereocenters. The molecule has 14 heavy (non-hydrogen) atoms. The van der Waals surface area contributed by atoms with Gasteiger partial charge >= 0.3 is 13.0 Å². The van der Waals surface area contributed by atoms with Gasteiger partial charge in [-0.3, -0.25) is 4.79 Å². The molecule has 2 unspecified atom stereocenters. The molecule has 0 aliphatic carbocycles. The van der Waals surface area contributed by atoms with Crippen LogP contribution in [0.5, 0.6) is 0 Å². The van der Waals surface area contributed by atoms with Crippen LogP contribution >= 0.6 is 0 Å². The third-order valence-corrected chi connectivity index (χ3v) is 2.49. The van der Waals surface area contributed by atoms with Gasteiger partial charge < -0.3 is 14.6 Å². The highest BCUT2D eigenvalue weighted by atomic mass is 16.5. The highest BCUT2D eigenvalue weighted by molar-refractivity contribution is 6.50. The van der Waals surface area contributed by atoms with Crippen LogP contribution in [0.1, 0.15) is 26.7 Å². The SMILES string of the molecule is CCCCB1NC(C(=O)OC)C(C)O1. The van der Waals surface area contributed by atoms with Gasteiger partial charge in [-0.25, -0.2) is 0 Å². The maximum atomic E-state index is 11.3. The van der Waals surface area contributed by atoms with Gasteiger partial charge in [-0.15, -0.1) is 0 Å². The monoisotopic (exact) mass is 199 g/mol. The van der Waals surface area contributed by atoms with E-state index in [1.165, 1.54) is 7.11 Å². The Hall–Kier alpha value is -0.545. The minimum absolute atomic E-state index is 0.00838. The number of carbonyl (C=O) groups excluding carboxylic acids is 1. The van der Waals surface area contributed by atoms with Gasteiger partial charge in [-0.05, 0) is 13.2 Å². The molecular weight excluding hydrogens is 181 g/mol. The molecule has 1 N–H and O–H groups in total. The van der Waals surface area contributed by atoms with Gasteiger partial charge in [-0.2, -0.15) is 0 Å². The third kappa shape index (κ3) is 2.72. The number of hydrogen-bond acceptors (Lipinski definition) is 4. The molecule has 1 aliphatic heterocycles. The molecule has 5 heteroatoms. The topological polar surface area (TPSA) is 47.6 Å². The van der Waals surface area contributed by atoms with E-state index in [1.807, 2.05) is 6.92 Å². The normalized spacial score (nSPS) is 26.6. The van der Waals surface area contributed by atoms with Crippen LogP contribution in [0.2, 0.25) is 6.32 Å². The van der Waals surface area contributed by atoms with Crippen molar-refractivity contribution >= 4 is 13.0 Å². The minimum Gasteiger partial charge on any atom is -0.468 e. The zero-order valence-corrected chi connectivity index (χ0v) is 9.08. The number of ether oxygens (including phenoxy) is 1. The lowest BCUT2D eigenvalue weighted by Gasteiger charge is -2.11. The molecule has 1 rings (SSSR count). The molecule has 1 aliphatic rings. The van der Waals surface area contributed by atoms with Crippen molar-refractivity contribution in [2.24, 2.45) is 0 Å². The number of methoxy groups -OCH3 is 1. The van der Waals surface area contributed by atoms with Crippen LogP contribution in [0.3, 0.4) is 0 Å². The Morgan fingerprint density at radius 3 is 2.93 bits per heavy atom. The summed E-state index contributed by atoms with van der Waals surface area (Å²) in [6.45, 7) is 4.02. The van der Waals surface area contributed by atoms with Crippen LogP contribution < -0.4 is 5.23 Å². The van der Waals surface area contributed by atoms with E-state index in [9.17, 15) is 4.79 Å². The van der Waals surface area contributed by atoms with Gasteiger partial charge in [0.25, 0.3) is 0 Å². The summed E-state index contributed by atoms with van der Waals surface area (Å²) in [5.74, 6) is -0.239. The summed E-state index contributed by atoms with van der Waals surface area (Å²) in [6.07, 6.45) is 3.11. The molecule has 1 heterocycles. The zero-order valence-electron chi connectivity index (χ0n) is 9.08. The third-order valence-electron chi connectivity index (χ3n) is 2.49. The first-order chi connectivity index (χ1) is 6.69. The molecule has 4 nitrogen and oxygen atoms in total. The lowest BCUT2D eigenvalue weighted by atomic mass is 9.77. The number of rotatable bonds is 4. The molecule has 0 amide bonds. The van der Waals surface area contributed by atoms with Gasteiger partial charge in [0, 0.05) is 0 Å². The van der Waals surface area contributed by atoms with Crippen molar-refractivity contribution < 1.29 is 14.2 Å². The van der Waals surface area contributed by atoms with Crippen LogP contribution in [0, 0.1) is 0 Å². The molecule has 0 radical (unpaired) electrons. The zero-order chi connectivity index (χ0) is 10.6. The Morgan fingerprint density at radius 2 is 2.36 bits per heavy atom. The predicted molar refractivity (Wildman–Crippen MR) is 55.0 cm³/mol. The van der Waals surface area contributed by atoms with Gasteiger partial charge in [0.05, 0.1) is 13.2 Å². The molecular formula is C9H18BNO3. The second-order valence-electron chi connectivity index (χ2n) is 3.64. The fraction of sp³-hybridized carbons (Fsp3) is 0.889. The van der Waals surface area contributed by atoms with Crippen molar-refractivity contribution in [2.75, 3.05) is 7.11 Å². The van der Waals surface area contributed by atoms with E-state index in [4.69, 9.17) is 4.65 Å². The lowest BCUT2D eigenvalue weighted by Crippen LogP contribution is -2.41. The Bertz CT molecular complexity index is 200. The van der Waals surface area contributed by atoms with E-state index in [1.54, 1.807) is 0 Å². The van der Waals surface area contributed by atoms with Gasteiger partial charge in [0.1, 0.15) is 6.04 Å². The summed E-state index contributed by atoms with van der Waals surface area (Å²) in [7, 11) is 1.41. The van der Waals surface area contributed by atoms with E-state index in [0.717, 1.165) is 19.2 Å². The number of nitrogens with one attached hydrogen (secondary N) is 1. The Labute approximate surface area is 85.5 Å². The standard InChI is InChI=1S/C9H18BNO3/c1-4-5-6-10-11-8(7(2)14-10)9(12)13-3/h7-8,11H,4-6H2,1-3H3. The fourth-order valence-electron chi connectivity index (χ4n) is 1.64. The first-order valence-electron chi connectivity index (χ1n) is 5.18. The van der Waals surface area contributed by atoms with Crippen molar-refractivity contribution in [1.29, 1.82) is 0 Å². The summed E-state index contributed by atoms with van der Waals surface area (Å²) < 4.78 is 10.3. The highest BCUT2D eigenvalue weighted by Gasteiger charge is 2.39. The van der Waals surface area contributed by atoms with E-state index >= 15 is 0 Å². The summed E-state index contributed by atoms with van der Waals surface area (Å²) in [5.41, 5.74) is 0. The number of carbonyl (C=O) groups is 1. The quantitative estimate of drug-likeness (QED) is 0.538. The smallest absolute Gasteiger partial charge is 0.380 e. The summed E-state index contributed by atoms with van der Waals surface area (Å²) >= 11 is 0. The van der Waals surface area contributed by atoms with E-state index < -0.39 is 0 Å². The van der Waals surface area contributed by atoms with Crippen molar-refractivity contribution in [3.63, 3.8) is 0 Å². The van der Waals surface area contributed by atoms with Crippen LogP contribution in [0.4, 0.5) is 0 Å². The fourth-order valence-corrected chi connectivity index (χ4v) is 1.64. The largest absolute Gasteiger partial charge is 0.468 e. The van der Waals surface area contributed by atoms with Crippen molar-refractivity contribution in [3.8, 4) is 0 Å². The predicted octanol–water partition coefficient (Wildman–Crippen LogP) is 0.825. The molecule has 0 spiro atoms. The lowest BCUT2D eigenvalue weighted by molar-refractivity contribution is -0.143. The molecule has 0 aromatic heterocycles. The number of unbranched alkanes of at least 4 members (excludes halogenated alkanes) is 1. The number of esters is 1. The van der Waals surface area contributed by atoms with Crippen molar-refractivity contribution in [1.82, 2.24) is 5.23 Å². The van der Waals surface area contributed by atoms with Crippen LogP contribution in [-0.2, 0) is 14.2 Å². The van der Waals surface area contributed by atoms with E-state index in [0.29, 0.717) is 0 Å². The summed E-state index contributed by atoms with van der Waals surface area (Å²) in [6, 6.07) is -0.304. The Morgan fingerprint density at radius 1 is 1.64 bits per heavy atom. The minimum atomic E-state index is -0.304. The second-order valence-corrected chi connectivity index (χ2v) is 3.64. The second kappa shape index (κ2) is 5.36.